The number of anilines is 1. The van der Waals surface area contributed by atoms with Crippen molar-refractivity contribution in [2.45, 2.75) is 4.90 Å². The number of hydrazone groups is 1. The molecule has 3 aromatic rings. The van der Waals surface area contributed by atoms with E-state index in [-0.39, 0.29) is 58.1 Å². The number of benzene rings is 3. The topological polar surface area (TPSA) is 164 Å². The van der Waals surface area contributed by atoms with E-state index in [1.807, 2.05) is 0 Å². The average Bonchev–Trinajstić information content (AvgIpc) is 2.75. The number of nitrogens with zero attached hydrogens (tertiary/aromatic N) is 3. The summed E-state index contributed by atoms with van der Waals surface area (Å²) in [5.41, 5.74) is 2.74. The Hall–Kier alpha value is -3.09. The predicted octanol–water partition coefficient (Wildman–Crippen LogP) is -0.436. The summed E-state index contributed by atoms with van der Waals surface area (Å²) in [5, 5.41) is 33.2. The molecule has 3 rings (SSSR count). The standard InChI is InChI=1S/C20H16N4O6S.Na/c25-18-11-10-14(31(28,29)30)12-17(18)22-24-19(13-6-2-1-3-7-13)23-21-16-9-5-4-8-15(16)20(26)27;/h1-12,22,25H,(H,26,27)(H,28,29,30);/q;+1/p-1. The van der Waals surface area contributed by atoms with Crippen LogP contribution in [-0.4, -0.2) is 29.9 Å². The molecule has 10 nitrogen and oxygen atoms in total. The normalized spacial score (nSPS) is 11.7. The minimum Gasteiger partial charge on any atom is -0.545 e. The van der Waals surface area contributed by atoms with Crippen LogP contribution >= 0.6 is 0 Å². The zero-order chi connectivity index (χ0) is 22.4. The molecule has 0 saturated heterocycles. The number of carbonyl (C=O) groups is 1. The van der Waals surface area contributed by atoms with Gasteiger partial charge in [-0.05, 0) is 24.3 Å². The van der Waals surface area contributed by atoms with Crippen LogP contribution in [0.1, 0.15) is 15.9 Å². The SMILES string of the molecule is O=C([O-])c1ccccc1N=NC(=NNc1cc(S(=O)(=O)O)ccc1O)c1ccccc1.[Na+]. The van der Waals surface area contributed by atoms with Gasteiger partial charge in [0, 0.05) is 11.1 Å². The quantitative estimate of drug-likeness (QED) is 0.0850. The predicted molar refractivity (Wildman–Crippen MR) is 110 cm³/mol. The van der Waals surface area contributed by atoms with Gasteiger partial charge in [-0.2, -0.15) is 13.5 Å². The fourth-order valence-electron chi connectivity index (χ4n) is 2.44. The van der Waals surface area contributed by atoms with Crippen molar-refractivity contribution in [3.05, 3.63) is 83.9 Å². The monoisotopic (exact) mass is 462 g/mol. The molecular formula is C20H15N4NaO6S. The fraction of sp³-hybridized carbons (Fsp3) is 0. The summed E-state index contributed by atoms with van der Waals surface area (Å²) in [7, 11) is -4.50. The van der Waals surface area contributed by atoms with E-state index in [1.54, 1.807) is 36.4 Å². The van der Waals surface area contributed by atoms with Gasteiger partial charge in [0.1, 0.15) is 5.75 Å². The molecule has 0 heterocycles. The number of aromatic carboxylic acids is 1. The number of rotatable bonds is 6. The van der Waals surface area contributed by atoms with Crippen molar-refractivity contribution in [2.24, 2.45) is 15.3 Å². The molecule has 32 heavy (non-hydrogen) atoms. The number of hydrogen-bond acceptors (Lipinski definition) is 8. The van der Waals surface area contributed by atoms with Gasteiger partial charge < -0.3 is 15.0 Å². The number of phenolic OH excluding ortho intramolecular Hbond substituents is 1. The van der Waals surface area contributed by atoms with Gasteiger partial charge in [0.25, 0.3) is 10.1 Å². The second-order valence-corrected chi connectivity index (χ2v) is 7.49. The number of hydrogen-bond donors (Lipinski definition) is 3. The number of carboxylic acid groups (broad SMARTS) is 1. The van der Waals surface area contributed by atoms with E-state index in [2.05, 4.69) is 20.8 Å². The van der Waals surface area contributed by atoms with Crippen LogP contribution in [0.25, 0.3) is 0 Å². The summed E-state index contributed by atoms with van der Waals surface area (Å²) in [6, 6.07) is 17.5. The molecule has 0 aromatic heterocycles. The summed E-state index contributed by atoms with van der Waals surface area (Å²) in [6.45, 7) is 0. The Morgan fingerprint density at radius 3 is 2.28 bits per heavy atom. The average molecular weight is 462 g/mol. The number of carboxylic acids is 1. The molecule has 158 valence electrons. The maximum atomic E-state index is 11.3. The Labute approximate surface area is 205 Å². The number of nitrogens with one attached hydrogen (secondary N) is 1. The minimum absolute atomic E-state index is 0. The van der Waals surface area contributed by atoms with Crippen molar-refractivity contribution in [3.63, 3.8) is 0 Å². The third-order valence-electron chi connectivity index (χ3n) is 3.96. The van der Waals surface area contributed by atoms with Gasteiger partial charge >= 0.3 is 29.6 Å². The Morgan fingerprint density at radius 1 is 0.969 bits per heavy atom. The van der Waals surface area contributed by atoms with Crippen LogP contribution in [0.2, 0.25) is 0 Å². The first kappa shape index (κ1) is 25.2. The van der Waals surface area contributed by atoms with Gasteiger partial charge in [-0.1, -0.05) is 48.5 Å². The number of aromatic hydroxyl groups is 1. The van der Waals surface area contributed by atoms with Gasteiger partial charge in [-0.15, -0.1) is 10.2 Å². The molecule has 3 N–H and O–H groups in total. The first-order valence-electron chi connectivity index (χ1n) is 8.67. The first-order chi connectivity index (χ1) is 14.8. The molecule has 0 saturated carbocycles. The molecule has 12 heteroatoms. The van der Waals surface area contributed by atoms with Gasteiger partial charge in [0.15, 0.2) is 0 Å². The van der Waals surface area contributed by atoms with E-state index in [0.717, 1.165) is 18.2 Å². The summed E-state index contributed by atoms with van der Waals surface area (Å²) in [6.07, 6.45) is 0. The number of carbonyl (C=O) groups excluding carboxylic acids is 1. The third-order valence-corrected chi connectivity index (χ3v) is 4.81. The Bertz CT molecular complexity index is 1280. The number of phenols is 1. The van der Waals surface area contributed by atoms with Crippen LogP contribution in [0.3, 0.4) is 0 Å². The fourth-order valence-corrected chi connectivity index (χ4v) is 2.95. The summed E-state index contributed by atoms with van der Waals surface area (Å²) >= 11 is 0. The Morgan fingerprint density at radius 2 is 1.62 bits per heavy atom. The third kappa shape index (κ3) is 6.45. The van der Waals surface area contributed by atoms with Crippen LogP contribution in [0.15, 0.2) is 93.0 Å². The smallest absolute Gasteiger partial charge is 0.545 e. The van der Waals surface area contributed by atoms with Crippen LogP contribution < -0.4 is 40.1 Å². The van der Waals surface area contributed by atoms with Gasteiger partial charge in [-0.3, -0.25) is 9.98 Å². The largest absolute Gasteiger partial charge is 1.00 e. The maximum absolute atomic E-state index is 11.3. The van der Waals surface area contributed by atoms with E-state index in [4.69, 9.17) is 0 Å². The first-order valence-corrected chi connectivity index (χ1v) is 10.1. The summed E-state index contributed by atoms with van der Waals surface area (Å²) in [4.78, 5) is 10.8. The van der Waals surface area contributed by atoms with Crippen LogP contribution in [0, 0.1) is 0 Å². The molecule has 0 fully saturated rings. The van der Waals surface area contributed by atoms with E-state index >= 15 is 0 Å². The van der Waals surface area contributed by atoms with Gasteiger partial charge in [-0.25, -0.2) is 0 Å². The second kappa shape index (κ2) is 11.0. The molecule has 0 radical (unpaired) electrons. The van der Waals surface area contributed by atoms with E-state index < -0.39 is 21.0 Å². The van der Waals surface area contributed by atoms with E-state index in [0.29, 0.717) is 5.56 Å². The summed E-state index contributed by atoms with van der Waals surface area (Å²) in [5.74, 6) is -1.74. The second-order valence-electron chi connectivity index (χ2n) is 6.07. The van der Waals surface area contributed by atoms with Crippen molar-refractivity contribution in [2.75, 3.05) is 5.43 Å². The van der Waals surface area contributed by atoms with Crippen molar-refractivity contribution >= 4 is 33.3 Å². The molecule has 0 spiro atoms. The maximum Gasteiger partial charge on any atom is 1.00 e. The molecule has 0 atom stereocenters. The van der Waals surface area contributed by atoms with Gasteiger partial charge in [0.05, 0.1) is 22.2 Å². The molecule has 0 aliphatic rings. The zero-order valence-electron chi connectivity index (χ0n) is 16.7. The minimum atomic E-state index is -4.50. The molecule has 0 aliphatic carbocycles. The van der Waals surface area contributed by atoms with Crippen molar-refractivity contribution in [1.29, 1.82) is 0 Å². The number of azo groups is 1. The number of amidine groups is 1. The molecule has 0 aliphatic heterocycles. The molecular weight excluding hydrogens is 447 g/mol. The van der Waals surface area contributed by atoms with Crippen LogP contribution in [0.4, 0.5) is 11.4 Å². The van der Waals surface area contributed by atoms with Crippen LogP contribution in [-0.2, 0) is 10.1 Å². The zero-order valence-corrected chi connectivity index (χ0v) is 19.5. The molecule has 0 amide bonds. The molecule has 3 aromatic carbocycles. The van der Waals surface area contributed by atoms with E-state index in [9.17, 15) is 28.0 Å². The van der Waals surface area contributed by atoms with Crippen molar-refractivity contribution in [3.8, 4) is 5.75 Å². The summed E-state index contributed by atoms with van der Waals surface area (Å²) < 4.78 is 31.8. The molecule has 0 bridgehead atoms. The van der Waals surface area contributed by atoms with Crippen molar-refractivity contribution in [1.82, 2.24) is 0 Å². The molecule has 0 unspecified atom stereocenters. The van der Waals surface area contributed by atoms with Gasteiger partial charge in [0.2, 0.25) is 5.84 Å². The Balaban J connectivity index is 0.00000363. The van der Waals surface area contributed by atoms with E-state index in [1.165, 1.54) is 18.2 Å². The van der Waals surface area contributed by atoms with Crippen LogP contribution in [0.5, 0.6) is 5.75 Å². The van der Waals surface area contributed by atoms with Crippen molar-refractivity contribution < 1.29 is 57.5 Å². The Kier molecular flexibility index (Phi) is 8.63.